The van der Waals surface area contributed by atoms with Crippen LogP contribution in [0.3, 0.4) is 0 Å². The van der Waals surface area contributed by atoms with Crippen molar-refractivity contribution in [1.82, 2.24) is 0 Å². The average Bonchev–Trinajstić information content (AvgIpc) is 2.32. The average molecular weight is 324 g/mol. The molecule has 106 valence electrons. The van der Waals surface area contributed by atoms with Gasteiger partial charge in [-0.3, -0.25) is 0 Å². The number of rotatable bonds is 2. The summed E-state index contributed by atoms with van der Waals surface area (Å²) in [7, 11) is 0. The molecule has 0 saturated heterocycles. The molecule has 0 amide bonds. The molecule has 1 N–H and O–H groups in total. The molecule has 0 spiro atoms. The van der Waals surface area contributed by atoms with Gasteiger partial charge in [0.1, 0.15) is 0 Å². The van der Waals surface area contributed by atoms with Gasteiger partial charge in [-0.25, -0.2) is 0 Å². The molecule has 1 saturated carbocycles. The summed E-state index contributed by atoms with van der Waals surface area (Å²) < 4.78 is 1.19. The van der Waals surface area contributed by atoms with Gasteiger partial charge in [-0.15, -0.1) is 0 Å². The highest BCUT2D eigenvalue weighted by Crippen LogP contribution is 2.38. The number of halogens is 1. The lowest BCUT2D eigenvalue weighted by molar-refractivity contribution is 0.173. The van der Waals surface area contributed by atoms with Crippen molar-refractivity contribution >= 4 is 21.6 Å². The second kappa shape index (κ2) is 5.87. The molecule has 1 aromatic carbocycles. The number of nitrogens with one attached hydrogen (secondary N) is 1. The zero-order chi connectivity index (χ0) is 14.0. The van der Waals surface area contributed by atoms with E-state index in [1.165, 1.54) is 41.4 Å². The van der Waals surface area contributed by atoms with E-state index in [2.05, 4.69) is 67.1 Å². The monoisotopic (exact) mass is 323 g/mol. The summed E-state index contributed by atoms with van der Waals surface area (Å²) >= 11 is 3.66. The van der Waals surface area contributed by atoms with E-state index in [0.717, 1.165) is 5.92 Å². The lowest BCUT2D eigenvalue weighted by atomic mass is 9.71. The van der Waals surface area contributed by atoms with Crippen LogP contribution in [-0.2, 0) is 0 Å². The van der Waals surface area contributed by atoms with Gasteiger partial charge in [-0.05, 0) is 77.6 Å². The molecular weight excluding hydrogens is 298 g/mol. The summed E-state index contributed by atoms with van der Waals surface area (Å²) in [4.78, 5) is 0. The minimum atomic E-state index is 0.468. The zero-order valence-electron chi connectivity index (χ0n) is 12.6. The molecule has 0 aliphatic heterocycles. The molecule has 1 fully saturated rings. The van der Waals surface area contributed by atoms with Crippen LogP contribution in [0, 0.1) is 18.3 Å². The Morgan fingerprint density at radius 2 is 1.74 bits per heavy atom. The van der Waals surface area contributed by atoms with E-state index in [1.54, 1.807) is 0 Å². The Kier molecular flexibility index (Phi) is 4.60. The molecule has 2 heteroatoms. The van der Waals surface area contributed by atoms with Gasteiger partial charge in [-0.2, -0.15) is 0 Å². The first-order chi connectivity index (χ1) is 8.86. The predicted molar refractivity (Wildman–Crippen MR) is 87.7 cm³/mol. The number of benzene rings is 1. The fourth-order valence-electron chi connectivity index (χ4n) is 3.06. The summed E-state index contributed by atoms with van der Waals surface area (Å²) in [6.07, 6.45) is 5.29. The molecule has 0 bridgehead atoms. The van der Waals surface area contributed by atoms with Crippen molar-refractivity contribution in [3.05, 3.63) is 28.2 Å². The molecule has 0 atom stereocenters. The fourth-order valence-corrected chi connectivity index (χ4v) is 3.67. The number of anilines is 1. The number of hydrogen-bond donors (Lipinski definition) is 1. The molecule has 0 unspecified atom stereocenters. The van der Waals surface area contributed by atoms with Gasteiger partial charge in [0.05, 0.1) is 0 Å². The van der Waals surface area contributed by atoms with Crippen molar-refractivity contribution in [3.8, 4) is 0 Å². The Morgan fingerprint density at radius 3 is 2.26 bits per heavy atom. The third kappa shape index (κ3) is 3.98. The molecule has 1 aliphatic rings. The van der Waals surface area contributed by atoms with Gasteiger partial charge in [-0.1, -0.05) is 26.8 Å². The van der Waals surface area contributed by atoms with Crippen LogP contribution >= 0.6 is 15.9 Å². The van der Waals surface area contributed by atoms with Gasteiger partial charge in [0.15, 0.2) is 0 Å². The Balaban J connectivity index is 1.92. The normalized spacial score (nSPS) is 24.3. The van der Waals surface area contributed by atoms with Crippen LogP contribution < -0.4 is 5.32 Å². The highest BCUT2D eigenvalue weighted by Gasteiger charge is 2.29. The van der Waals surface area contributed by atoms with E-state index in [4.69, 9.17) is 0 Å². The van der Waals surface area contributed by atoms with Crippen LogP contribution in [0.5, 0.6) is 0 Å². The molecule has 0 aromatic heterocycles. The van der Waals surface area contributed by atoms with Crippen LogP contribution in [0.2, 0.25) is 0 Å². The van der Waals surface area contributed by atoms with Crippen molar-refractivity contribution in [2.24, 2.45) is 11.3 Å². The first-order valence-corrected chi connectivity index (χ1v) is 8.18. The maximum atomic E-state index is 3.70. The number of aryl methyl sites for hydroxylation is 1. The Bertz CT molecular complexity index is 425. The quantitative estimate of drug-likeness (QED) is 0.728. The summed E-state index contributed by atoms with van der Waals surface area (Å²) in [5, 5.41) is 3.70. The zero-order valence-corrected chi connectivity index (χ0v) is 14.2. The van der Waals surface area contributed by atoms with Gasteiger partial charge in [0.25, 0.3) is 0 Å². The van der Waals surface area contributed by atoms with E-state index >= 15 is 0 Å². The lowest BCUT2D eigenvalue weighted by Crippen LogP contribution is -2.31. The lowest BCUT2D eigenvalue weighted by Gasteiger charge is -2.37. The smallest absolute Gasteiger partial charge is 0.0486 e. The summed E-state index contributed by atoms with van der Waals surface area (Å²) in [5.74, 6) is 0.881. The first-order valence-electron chi connectivity index (χ1n) is 7.39. The second-order valence-electron chi connectivity index (χ2n) is 7.04. The first kappa shape index (κ1) is 14.9. The standard InChI is InChI=1S/C17H26BrN/c1-12-5-10-16(15(18)11-12)19-14-8-6-13(7-9-14)17(2,3)4/h5,10-11,13-14,19H,6-9H2,1-4H3. The van der Waals surface area contributed by atoms with Crippen molar-refractivity contribution in [2.75, 3.05) is 5.32 Å². The summed E-state index contributed by atoms with van der Waals surface area (Å²) in [5.41, 5.74) is 3.01. The Morgan fingerprint density at radius 1 is 1.11 bits per heavy atom. The maximum absolute atomic E-state index is 3.70. The van der Waals surface area contributed by atoms with E-state index in [1.807, 2.05) is 0 Å². The SMILES string of the molecule is Cc1ccc(NC2CCC(C(C)(C)C)CC2)c(Br)c1. The molecule has 0 heterocycles. The van der Waals surface area contributed by atoms with Crippen molar-refractivity contribution in [2.45, 2.75) is 59.4 Å². The molecule has 2 rings (SSSR count). The third-order valence-electron chi connectivity index (χ3n) is 4.44. The van der Waals surface area contributed by atoms with E-state index < -0.39 is 0 Å². The molecule has 1 nitrogen and oxygen atoms in total. The van der Waals surface area contributed by atoms with Crippen LogP contribution in [0.25, 0.3) is 0 Å². The molecule has 1 aromatic rings. The van der Waals surface area contributed by atoms with Crippen LogP contribution in [-0.4, -0.2) is 6.04 Å². The van der Waals surface area contributed by atoms with Gasteiger partial charge in [0, 0.05) is 16.2 Å². The Hall–Kier alpha value is -0.500. The second-order valence-corrected chi connectivity index (χ2v) is 7.90. The number of hydrogen-bond acceptors (Lipinski definition) is 1. The van der Waals surface area contributed by atoms with Gasteiger partial charge in [0.2, 0.25) is 0 Å². The molecule has 1 aliphatic carbocycles. The van der Waals surface area contributed by atoms with Gasteiger partial charge < -0.3 is 5.32 Å². The van der Waals surface area contributed by atoms with Crippen molar-refractivity contribution < 1.29 is 0 Å². The highest BCUT2D eigenvalue weighted by atomic mass is 79.9. The topological polar surface area (TPSA) is 12.0 Å². The van der Waals surface area contributed by atoms with Crippen molar-refractivity contribution in [3.63, 3.8) is 0 Å². The Labute approximate surface area is 126 Å². The third-order valence-corrected chi connectivity index (χ3v) is 5.09. The highest BCUT2D eigenvalue weighted by molar-refractivity contribution is 9.10. The summed E-state index contributed by atoms with van der Waals surface area (Å²) in [6, 6.07) is 7.18. The van der Waals surface area contributed by atoms with Crippen LogP contribution in [0.4, 0.5) is 5.69 Å². The fraction of sp³-hybridized carbons (Fsp3) is 0.647. The predicted octanol–water partition coefficient (Wildman–Crippen LogP) is 5.77. The minimum absolute atomic E-state index is 0.468. The van der Waals surface area contributed by atoms with Crippen LogP contribution in [0.15, 0.2) is 22.7 Å². The van der Waals surface area contributed by atoms with Gasteiger partial charge >= 0.3 is 0 Å². The minimum Gasteiger partial charge on any atom is -0.381 e. The molecule has 0 radical (unpaired) electrons. The maximum Gasteiger partial charge on any atom is 0.0486 e. The summed E-state index contributed by atoms with van der Waals surface area (Å²) in [6.45, 7) is 9.26. The van der Waals surface area contributed by atoms with E-state index in [0.29, 0.717) is 11.5 Å². The largest absolute Gasteiger partial charge is 0.381 e. The van der Waals surface area contributed by atoms with Crippen LogP contribution in [0.1, 0.15) is 52.0 Å². The molecule has 19 heavy (non-hydrogen) atoms. The van der Waals surface area contributed by atoms with Crippen molar-refractivity contribution in [1.29, 1.82) is 0 Å². The van der Waals surface area contributed by atoms with E-state index in [-0.39, 0.29) is 0 Å². The molecular formula is C17H26BrN. The van der Waals surface area contributed by atoms with E-state index in [9.17, 15) is 0 Å².